The van der Waals surface area contributed by atoms with Crippen molar-refractivity contribution in [2.75, 3.05) is 0 Å². The predicted molar refractivity (Wildman–Crippen MR) is 98.9 cm³/mol. The van der Waals surface area contributed by atoms with Gasteiger partial charge in [-0.1, -0.05) is 23.2 Å². The molecule has 0 bridgehead atoms. The summed E-state index contributed by atoms with van der Waals surface area (Å²) in [5, 5.41) is -0.868. The van der Waals surface area contributed by atoms with Gasteiger partial charge >= 0.3 is 12.4 Å². The first-order valence-corrected chi connectivity index (χ1v) is 8.90. The van der Waals surface area contributed by atoms with Crippen molar-refractivity contribution in [3.63, 3.8) is 0 Å². The van der Waals surface area contributed by atoms with Crippen LogP contribution in [-0.4, -0.2) is 14.5 Å². The van der Waals surface area contributed by atoms with Crippen LogP contribution in [-0.2, 0) is 12.4 Å². The molecule has 13 heteroatoms. The molecule has 31 heavy (non-hydrogen) atoms. The van der Waals surface area contributed by atoms with E-state index in [0.29, 0.717) is 24.5 Å². The summed E-state index contributed by atoms with van der Waals surface area (Å²) in [6.07, 6.45) is -7.10. The molecular weight excluding hydrogens is 475 g/mol. The number of alkyl halides is 6. The Morgan fingerprint density at radius 1 is 0.935 bits per heavy atom. The lowest BCUT2D eigenvalue weighted by Gasteiger charge is -2.16. The number of pyridine rings is 3. The number of halogens is 8. The van der Waals surface area contributed by atoms with Crippen LogP contribution in [0.15, 0.2) is 41.6 Å². The molecule has 3 aromatic heterocycles. The van der Waals surface area contributed by atoms with Gasteiger partial charge in [0.15, 0.2) is 11.6 Å². The molecule has 164 valence electrons. The van der Waals surface area contributed by atoms with Crippen LogP contribution >= 0.6 is 23.2 Å². The standard InChI is InChI=1S/C18H9Cl2F6N3O2/c1-8-14(31-16-12(20)5-10(7-28-16)18(24,25)26)13(30)2-3-29(8)15-11(19)4-9(6-27-15)17(21,22)23/h2-7H,1H3. The quantitative estimate of drug-likeness (QED) is 0.424. The average molecular weight is 484 g/mol. The summed E-state index contributed by atoms with van der Waals surface area (Å²) >= 11 is 11.7. The number of hydrogen-bond acceptors (Lipinski definition) is 4. The van der Waals surface area contributed by atoms with Crippen molar-refractivity contribution in [1.29, 1.82) is 0 Å². The molecule has 0 saturated heterocycles. The highest BCUT2D eigenvalue weighted by Gasteiger charge is 2.33. The third kappa shape index (κ3) is 4.77. The maximum atomic E-state index is 12.8. The van der Waals surface area contributed by atoms with Gasteiger partial charge in [-0.3, -0.25) is 4.79 Å². The van der Waals surface area contributed by atoms with Crippen molar-refractivity contribution in [1.82, 2.24) is 14.5 Å². The van der Waals surface area contributed by atoms with Crippen LogP contribution in [0.4, 0.5) is 26.3 Å². The van der Waals surface area contributed by atoms with Crippen LogP contribution in [0.5, 0.6) is 11.6 Å². The number of aromatic nitrogens is 3. The predicted octanol–water partition coefficient (Wildman–Crippen LogP) is 6.07. The van der Waals surface area contributed by atoms with Crippen LogP contribution in [0.3, 0.4) is 0 Å². The van der Waals surface area contributed by atoms with Crippen molar-refractivity contribution in [2.24, 2.45) is 0 Å². The van der Waals surface area contributed by atoms with E-state index in [-0.39, 0.29) is 22.3 Å². The maximum absolute atomic E-state index is 12.8. The minimum Gasteiger partial charge on any atom is -0.432 e. The zero-order chi connectivity index (χ0) is 23.1. The van der Waals surface area contributed by atoms with E-state index in [1.165, 1.54) is 17.7 Å². The van der Waals surface area contributed by atoms with Gasteiger partial charge in [0.1, 0.15) is 5.02 Å². The van der Waals surface area contributed by atoms with Gasteiger partial charge < -0.3 is 9.30 Å². The molecule has 0 N–H and O–H groups in total. The largest absolute Gasteiger partial charge is 0.432 e. The van der Waals surface area contributed by atoms with E-state index in [0.717, 1.165) is 6.07 Å². The molecule has 0 aromatic carbocycles. The molecule has 0 saturated carbocycles. The van der Waals surface area contributed by atoms with E-state index in [2.05, 4.69) is 9.97 Å². The van der Waals surface area contributed by atoms with Crippen molar-refractivity contribution in [3.8, 4) is 17.4 Å². The van der Waals surface area contributed by atoms with Gasteiger partial charge in [0.2, 0.25) is 11.3 Å². The van der Waals surface area contributed by atoms with E-state index >= 15 is 0 Å². The van der Waals surface area contributed by atoms with Crippen LogP contribution in [0, 0.1) is 6.92 Å². The molecule has 0 amide bonds. The Kier molecular flexibility index (Phi) is 5.94. The Balaban J connectivity index is 2.04. The maximum Gasteiger partial charge on any atom is 0.417 e. The second-order valence-corrected chi connectivity index (χ2v) is 6.92. The molecule has 3 heterocycles. The van der Waals surface area contributed by atoms with Gasteiger partial charge in [0.25, 0.3) is 0 Å². The molecule has 0 aliphatic rings. The molecule has 3 aromatic rings. The lowest BCUT2D eigenvalue weighted by molar-refractivity contribution is -0.138. The summed E-state index contributed by atoms with van der Waals surface area (Å²) in [5.74, 6) is -0.989. The van der Waals surface area contributed by atoms with Gasteiger partial charge in [-0.15, -0.1) is 0 Å². The smallest absolute Gasteiger partial charge is 0.417 e. The normalized spacial score (nSPS) is 12.2. The molecule has 0 aliphatic heterocycles. The number of rotatable bonds is 3. The molecule has 0 atom stereocenters. The topological polar surface area (TPSA) is 57.0 Å². The van der Waals surface area contributed by atoms with Crippen LogP contribution in [0.1, 0.15) is 16.8 Å². The van der Waals surface area contributed by atoms with Gasteiger partial charge in [-0.05, 0) is 19.1 Å². The second-order valence-electron chi connectivity index (χ2n) is 6.10. The highest BCUT2D eigenvalue weighted by atomic mass is 35.5. The van der Waals surface area contributed by atoms with Crippen LogP contribution in [0.2, 0.25) is 10.0 Å². The van der Waals surface area contributed by atoms with Gasteiger partial charge in [-0.2, -0.15) is 26.3 Å². The average Bonchev–Trinajstić information content (AvgIpc) is 2.65. The van der Waals surface area contributed by atoms with E-state index in [4.69, 9.17) is 27.9 Å². The first kappa shape index (κ1) is 22.9. The summed E-state index contributed by atoms with van der Waals surface area (Å²) in [6, 6.07) is 2.25. The number of ether oxygens (including phenoxy) is 1. The summed E-state index contributed by atoms with van der Waals surface area (Å²) in [7, 11) is 0. The van der Waals surface area contributed by atoms with Crippen molar-refractivity contribution >= 4 is 23.2 Å². The van der Waals surface area contributed by atoms with Crippen LogP contribution in [0.25, 0.3) is 5.82 Å². The zero-order valence-electron chi connectivity index (χ0n) is 15.1. The molecule has 5 nitrogen and oxygen atoms in total. The fourth-order valence-corrected chi connectivity index (χ4v) is 2.95. The molecule has 0 aliphatic carbocycles. The molecule has 0 unspecified atom stereocenters. The first-order valence-electron chi connectivity index (χ1n) is 8.15. The Hall–Kier alpha value is -2.79. The lowest BCUT2D eigenvalue weighted by Crippen LogP contribution is -2.14. The fraction of sp³-hybridized carbons (Fsp3) is 0.167. The Labute approximate surface area is 179 Å². The minimum absolute atomic E-state index is 0.0411. The monoisotopic (exact) mass is 483 g/mol. The van der Waals surface area contributed by atoms with E-state index < -0.39 is 39.8 Å². The van der Waals surface area contributed by atoms with E-state index in [1.807, 2.05) is 0 Å². The van der Waals surface area contributed by atoms with Crippen molar-refractivity contribution in [3.05, 3.63) is 73.9 Å². The van der Waals surface area contributed by atoms with E-state index in [1.54, 1.807) is 0 Å². The summed E-state index contributed by atoms with van der Waals surface area (Å²) in [5.41, 5.74) is -2.83. The second kappa shape index (κ2) is 8.04. The summed E-state index contributed by atoms with van der Waals surface area (Å²) < 4.78 is 83.2. The highest BCUT2D eigenvalue weighted by molar-refractivity contribution is 6.32. The molecule has 0 spiro atoms. The SMILES string of the molecule is Cc1c(Oc2ncc(C(F)(F)F)cc2Cl)c(=O)ccn1-c1ncc(C(F)(F)F)cc1Cl. The summed E-state index contributed by atoms with van der Waals surface area (Å²) in [4.78, 5) is 19.4. The van der Waals surface area contributed by atoms with E-state index in [9.17, 15) is 31.1 Å². The molecular formula is C18H9Cl2F6N3O2. The third-order valence-corrected chi connectivity index (χ3v) is 4.55. The fourth-order valence-electron chi connectivity index (χ4n) is 2.49. The number of nitrogens with zero attached hydrogens (tertiary/aromatic N) is 3. The highest BCUT2D eigenvalue weighted by Crippen LogP contribution is 2.35. The Morgan fingerprint density at radius 3 is 2.00 bits per heavy atom. The number of hydrogen-bond donors (Lipinski definition) is 0. The first-order chi connectivity index (χ1) is 14.3. The Morgan fingerprint density at radius 2 is 1.48 bits per heavy atom. The van der Waals surface area contributed by atoms with Crippen molar-refractivity contribution < 1.29 is 31.1 Å². The minimum atomic E-state index is -4.68. The Bertz CT molecular complexity index is 1210. The molecule has 0 radical (unpaired) electrons. The van der Waals surface area contributed by atoms with Crippen molar-refractivity contribution in [2.45, 2.75) is 19.3 Å². The summed E-state index contributed by atoms with van der Waals surface area (Å²) in [6.45, 7) is 1.37. The van der Waals surface area contributed by atoms with Gasteiger partial charge in [-0.25, -0.2) is 9.97 Å². The van der Waals surface area contributed by atoms with Crippen LogP contribution < -0.4 is 10.2 Å². The zero-order valence-corrected chi connectivity index (χ0v) is 16.7. The third-order valence-electron chi connectivity index (χ3n) is 4.00. The molecule has 0 fully saturated rings. The van der Waals surface area contributed by atoms with Gasteiger partial charge in [0.05, 0.1) is 21.8 Å². The lowest BCUT2D eigenvalue weighted by atomic mass is 10.2. The van der Waals surface area contributed by atoms with Gasteiger partial charge in [0, 0.05) is 24.7 Å². The molecule has 3 rings (SSSR count).